The molecule has 33 heavy (non-hydrogen) atoms. The number of carbonyl (C=O) groups is 1. The lowest BCUT2D eigenvalue weighted by Crippen LogP contribution is -2.38. The molecule has 3 heterocycles. The summed E-state index contributed by atoms with van der Waals surface area (Å²) in [5.74, 6) is 2.20. The van der Waals surface area contributed by atoms with Gasteiger partial charge in [0.2, 0.25) is 23.2 Å². The van der Waals surface area contributed by atoms with Crippen LogP contribution in [0.4, 0.5) is 11.6 Å². The summed E-state index contributed by atoms with van der Waals surface area (Å²) >= 11 is 0. The van der Waals surface area contributed by atoms with Gasteiger partial charge < -0.3 is 33.3 Å². The average Bonchev–Trinajstić information content (AvgIpc) is 3.53. The summed E-state index contributed by atoms with van der Waals surface area (Å²) in [7, 11) is 4.57. The third-order valence-corrected chi connectivity index (χ3v) is 5.53. The summed E-state index contributed by atoms with van der Waals surface area (Å²) in [5, 5.41) is 12.4. The van der Waals surface area contributed by atoms with Crippen molar-refractivity contribution < 1.29 is 27.8 Å². The zero-order chi connectivity index (χ0) is 23.4. The van der Waals surface area contributed by atoms with E-state index in [-0.39, 0.29) is 23.4 Å². The Labute approximate surface area is 190 Å². The molecular formula is C23H24N4O6. The zero-order valence-electron chi connectivity index (χ0n) is 18.6. The second-order valence-corrected chi connectivity index (χ2v) is 7.43. The molecule has 1 fully saturated rings. The molecule has 172 valence electrons. The van der Waals surface area contributed by atoms with Crippen LogP contribution in [0.5, 0.6) is 17.2 Å². The number of methoxy groups -OCH3 is 3. The number of nitrogens with zero attached hydrogens (tertiary/aromatic N) is 3. The third-order valence-electron chi connectivity index (χ3n) is 5.53. The molecule has 1 aliphatic heterocycles. The first-order chi connectivity index (χ1) is 16.1. The highest BCUT2D eigenvalue weighted by molar-refractivity contribution is 5.93. The maximum atomic E-state index is 12.9. The van der Waals surface area contributed by atoms with Crippen LogP contribution in [0, 0.1) is 17.2 Å². The van der Waals surface area contributed by atoms with Gasteiger partial charge in [0, 0.05) is 36.8 Å². The van der Waals surface area contributed by atoms with Crippen LogP contribution < -0.4 is 24.4 Å². The van der Waals surface area contributed by atoms with Gasteiger partial charge in [0.1, 0.15) is 6.07 Å². The quantitative estimate of drug-likeness (QED) is 0.572. The lowest BCUT2D eigenvalue weighted by molar-refractivity contribution is -0.120. The van der Waals surface area contributed by atoms with E-state index in [4.69, 9.17) is 23.0 Å². The van der Waals surface area contributed by atoms with E-state index >= 15 is 0 Å². The van der Waals surface area contributed by atoms with E-state index in [0.29, 0.717) is 60.5 Å². The summed E-state index contributed by atoms with van der Waals surface area (Å²) in [6, 6.07) is 8.90. The van der Waals surface area contributed by atoms with Crippen LogP contribution in [-0.4, -0.2) is 45.3 Å². The van der Waals surface area contributed by atoms with Gasteiger partial charge in [-0.05, 0) is 25.0 Å². The minimum Gasteiger partial charge on any atom is -0.493 e. The van der Waals surface area contributed by atoms with E-state index in [1.54, 1.807) is 24.3 Å². The van der Waals surface area contributed by atoms with Crippen LogP contribution in [0.25, 0.3) is 11.7 Å². The van der Waals surface area contributed by atoms with Crippen molar-refractivity contribution >= 4 is 17.5 Å². The number of rotatable bonds is 7. The zero-order valence-corrected chi connectivity index (χ0v) is 18.6. The maximum Gasteiger partial charge on any atom is 0.266 e. The molecule has 1 saturated heterocycles. The average molecular weight is 452 g/mol. The van der Waals surface area contributed by atoms with Crippen molar-refractivity contribution in [1.82, 2.24) is 4.98 Å². The number of furan rings is 1. The number of benzene rings is 1. The number of oxazole rings is 1. The highest BCUT2D eigenvalue weighted by Gasteiger charge is 2.29. The molecule has 10 heteroatoms. The molecule has 1 aromatic carbocycles. The summed E-state index contributed by atoms with van der Waals surface area (Å²) in [4.78, 5) is 19.1. The van der Waals surface area contributed by atoms with Crippen molar-refractivity contribution in [1.29, 1.82) is 5.26 Å². The number of hydrogen-bond acceptors (Lipinski definition) is 9. The molecule has 0 bridgehead atoms. The number of carbonyl (C=O) groups excluding carboxylic acids is 1. The predicted octanol–water partition coefficient (Wildman–Crippen LogP) is 3.69. The van der Waals surface area contributed by atoms with Crippen molar-refractivity contribution in [3.05, 3.63) is 36.2 Å². The molecule has 1 aliphatic rings. The Kier molecular flexibility index (Phi) is 6.40. The monoisotopic (exact) mass is 452 g/mol. The number of nitriles is 1. The normalized spacial score (nSPS) is 13.9. The first kappa shape index (κ1) is 22.1. The number of nitrogens with one attached hydrogen (secondary N) is 1. The smallest absolute Gasteiger partial charge is 0.266 e. The van der Waals surface area contributed by atoms with Gasteiger partial charge in [-0.1, -0.05) is 0 Å². The minimum absolute atomic E-state index is 0.0988. The second-order valence-electron chi connectivity index (χ2n) is 7.43. The summed E-state index contributed by atoms with van der Waals surface area (Å²) in [5.41, 5.74) is 0.753. The van der Waals surface area contributed by atoms with Crippen LogP contribution in [0.2, 0.25) is 0 Å². The molecule has 0 saturated carbocycles. The van der Waals surface area contributed by atoms with Crippen LogP contribution in [0.3, 0.4) is 0 Å². The molecule has 0 atom stereocenters. The van der Waals surface area contributed by atoms with E-state index in [9.17, 15) is 10.1 Å². The molecule has 0 radical (unpaired) electrons. The number of ether oxygens (including phenoxy) is 3. The van der Waals surface area contributed by atoms with Crippen molar-refractivity contribution in [2.45, 2.75) is 12.8 Å². The Morgan fingerprint density at radius 2 is 1.88 bits per heavy atom. The number of amides is 1. The van der Waals surface area contributed by atoms with Gasteiger partial charge >= 0.3 is 0 Å². The van der Waals surface area contributed by atoms with Crippen molar-refractivity contribution in [2.75, 3.05) is 44.6 Å². The molecular weight excluding hydrogens is 428 g/mol. The fourth-order valence-electron chi connectivity index (χ4n) is 3.85. The molecule has 0 spiro atoms. The van der Waals surface area contributed by atoms with E-state index in [1.165, 1.54) is 27.6 Å². The van der Waals surface area contributed by atoms with Crippen LogP contribution in [0.1, 0.15) is 18.5 Å². The van der Waals surface area contributed by atoms with E-state index < -0.39 is 0 Å². The maximum absolute atomic E-state index is 12.9. The van der Waals surface area contributed by atoms with Crippen molar-refractivity contribution in [3.8, 4) is 35.0 Å². The van der Waals surface area contributed by atoms with Gasteiger partial charge in [-0.2, -0.15) is 10.2 Å². The second kappa shape index (κ2) is 9.56. The minimum atomic E-state index is -0.196. The Bertz CT molecular complexity index is 1130. The number of piperidine rings is 1. The Morgan fingerprint density at radius 3 is 2.42 bits per heavy atom. The number of hydrogen-bond donors (Lipinski definition) is 1. The van der Waals surface area contributed by atoms with Gasteiger partial charge in [0.25, 0.3) is 5.89 Å². The van der Waals surface area contributed by atoms with Crippen LogP contribution in [-0.2, 0) is 4.79 Å². The highest BCUT2D eigenvalue weighted by atomic mass is 16.5. The van der Waals surface area contributed by atoms with E-state index in [0.717, 1.165) is 0 Å². The van der Waals surface area contributed by atoms with Crippen molar-refractivity contribution in [3.63, 3.8) is 0 Å². The van der Waals surface area contributed by atoms with Gasteiger partial charge in [0.05, 0.1) is 27.6 Å². The SMILES string of the molecule is COc1cc(NC(=O)C2CCN(c3oc(-c4ccco4)nc3C#N)CC2)cc(OC)c1OC. The Balaban J connectivity index is 1.43. The lowest BCUT2D eigenvalue weighted by Gasteiger charge is -2.31. The first-order valence-corrected chi connectivity index (χ1v) is 10.4. The molecule has 4 rings (SSSR count). The first-order valence-electron chi connectivity index (χ1n) is 10.4. The third kappa shape index (κ3) is 4.43. The Morgan fingerprint density at radius 1 is 1.18 bits per heavy atom. The molecule has 1 amide bonds. The topological polar surface area (TPSA) is 123 Å². The largest absolute Gasteiger partial charge is 0.493 e. The van der Waals surface area contributed by atoms with Crippen LogP contribution in [0.15, 0.2) is 39.4 Å². The fourth-order valence-corrected chi connectivity index (χ4v) is 3.85. The van der Waals surface area contributed by atoms with Gasteiger partial charge in [-0.25, -0.2) is 0 Å². The standard InChI is InChI=1S/C23H24N4O6/c1-29-18-11-15(12-19(30-2)20(18)31-3)25-21(28)14-6-8-27(9-7-14)23-16(13-24)26-22(33-23)17-5-4-10-32-17/h4-5,10-12,14H,6-9H2,1-3H3,(H,25,28). The number of aromatic nitrogens is 1. The fraction of sp³-hybridized carbons (Fsp3) is 0.348. The molecule has 0 unspecified atom stereocenters. The predicted molar refractivity (Wildman–Crippen MR) is 119 cm³/mol. The molecule has 3 aromatic rings. The molecule has 10 nitrogen and oxygen atoms in total. The number of anilines is 2. The summed E-state index contributed by atoms with van der Waals surface area (Å²) in [6.07, 6.45) is 2.71. The Hall–Kier alpha value is -4.13. The van der Waals surface area contributed by atoms with Gasteiger partial charge in [-0.15, -0.1) is 0 Å². The van der Waals surface area contributed by atoms with Gasteiger partial charge in [0.15, 0.2) is 17.3 Å². The summed E-state index contributed by atoms with van der Waals surface area (Å²) < 4.78 is 27.1. The van der Waals surface area contributed by atoms with Gasteiger partial charge in [-0.3, -0.25) is 4.79 Å². The highest BCUT2D eigenvalue weighted by Crippen LogP contribution is 2.40. The van der Waals surface area contributed by atoms with Crippen LogP contribution >= 0.6 is 0 Å². The lowest BCUT2D eigenvalue weighted by atomic mass is 9.95. The molecule has 0 aliphatic carbocycles. The summed E-state index contributed by atoms with van der Waals surface area (Å²) in [6.45, 7) is 1.10. The molecule has 1 N–H and O–H groups in total. The van der Waals surface area contributed by atoms with E-state index in [1.807, 2.05) is 4.90 Å². The molecule has 2 aromatic heterocycles. The van der Waals surface area contributed by atoms with Crippen molar-refractivity contribution in [2.24, 2.45) is 5.92 Å². The van der Waals surface area contributed by atoms with E-state index in [2.05, 4.69) is 16.4 Å².